The first-order chi connectivity index (χ1) is 13.6. The van der Waals surface area contributed by atoms with Gasteiger partial charge in [-0.25, -0.2) is 9.50 Å². The predicted octanol–water partition coefficient (Wildman–Crippen LogP) is 2.38. The van der Waals surface area contributed by atoms with Gasteiger partial charge in [0, 0.05) is 37.1 Å². The number of nitrogens with one attached hydrogen (secondary N) is 1. The highest BCUT2D eigenvalue weighted by Crippen LogP contribution is 2.23. The number of nitrogens with zero attached hydrogens (tertiary/aromatic N) is 5. The highest BCUT2D eigenvalue weighted by molar-refractivity contribution is 5.93. The Morgan fingerprint density at radius 2 is 2.00 bits per heavy atom. The third-order valence-electron chi connectivity index (χ3n) is 4.71. The zero-order chi connectivity index (χ0) is 19.7. The van der Waals surface area contributed by atoms with Crippen LogP contribution in [0.2, 0.25) is 0 Å². The molecule has 0 saturated heterocycles. The summed E-state index contributed by atoms with van der Waals surface area (Å²) in [4.78, 5) is 16.9. The van der Waals surface area contributed by atoms with E-state index in [1.54, 1.807) is 34.8 Å². The number of hydrogen-bond donors (Lipinski definition) is 1. The Hall–Kier alpha value is -3.68. The molecular formula is C20H20N6O2. The van der Waals surface area contributed by atoms with E-state index in [1.807, 2.05) is 44.3 Å². The van der Waals surface area contributed by atoms with Crippen molar-refractivity contribution in [2.24, 2.45) is 7.05 Å². The van der Waals surface area contributed by atoms with E-state index in [0.717, 1.165) is 28.3 Å². The Bertz CT molecular complexity index is 1140. The number of fused-ring (bicyclic) bond motifs is 1. The molecule has 3 heterocycles. The van der Waals surface area contributed by atoms with Gasteiger partial charge in [-0.3, -0.25) is 9.48 Å². The second-order valence-corrected chi connectivity index (χ2v) is 6.43. The summed E-state index contributed by atoms with van der Waals surface area (Å²) >= 11 is 0. The first kappa shape index (κ1) is 17.7. The zero-order valence-corrected chi connectivity index (χ0v) is 15.9. The monoisotopic (exact) mass is 376 g/mol. The summed E-state index contributed by atoms with van der Waals surface area (Å²) < 4.78 is 8.61. The molecule has 1 aromatic carbocycles. The molecule has 0 spiro atoms. The highest BCUT2D eigenvalue weighted by Gasteiger charge is 2.16. The van der Waals surface area contributed by atoms with Crippen LogP contribution >= 0.6 is 0 Å². The normalized spacial score (nSPS) is 11.0. The summed E-state index contributed by atoms with van der Waals surface area (Å²) in [5.74, 6) is 0.523. The molecule has 4 rings (SSSR count). The second-order valence-electron chi connectivity index (χ2n) is 6.43. The van der Waals surface area contributed by atoms with E-state index in [0.29, 0.717) is 17.9 Å². The van der Waals surface area contributed by atoms with Crippen molar-refractivity contribution in [3.05, 3.63) is 65.7 Å². The molecule has 0 aliphatic carbocycles. The number of benzene rings is 1. The van der Waals surface area contributed by atoms with Crippen molar-refractivity contribution in [3.63, 3.8) is 0 Å². The number of amides is 1. The highest BCUT2D eigenvalue weighted by atomic mass is 16.5. The van der Waals surface area contributed by atoms with Crippen LogP contribution in [0.3, 0.4) is 0 Å². The van der Waals surface area contributed by atoms with Gasteiger partial charge in [0.05, 0.1) is 19.0 Å². The Kier molecular flexibility index (Phi) is 4.52. The quantitative estimate of drug-likeness (QED) is 0.578. The van der Waals surface area contributed by atoms with E-state index < -0.39 is 0 Å². The number of aromatic nitrogens is 5. The van der Waals surface area contributed by atoms with E-state index in [9.17, 15) is 4.79 Å². The number of carbonyl (C=O) groups is 1. The summed E-state index contributed by atoms with van der Waals surface area (Å²) in [6, 6.07) is 11.1. The van der Waals surface area contributed by atoms with Crippen molar-refractivity contribution in [1.29, 1.82) is 0 Å². The maximum atomic E-state index is 12.6. The van der Waals surface area contributed by atoms with Gasteiger partial charge in [0.15, 0.2) is 11.3 Å². The molecule has 1 N–H and O–H groups in total. The molecule has 3 aromatic heterocycles. The van der Waals surface area contributed by atoms with Gasteiger partial charge in [-0.15, -0.1) is 0 Å². The molecule has 8 heteroatoms. The zero-order valence-electron chi connectivity index (χ0n) is 15.9. The summed E-state index contributed by atoms with van der Waals surface area (Å²) in [7, 11) is 3.51. The number of ether oxygens (including phenoxy) is 1. The number of aryl methyl sites for hydroxylation is 1. The van der Waals surface area contributed by atoms with Crippen LogP contribution in [-0.2, 0) is 13.6 Å². The lowest BCUT2D eigenvalue weighted by Crippen LogP contribution is -2.23. The molecule has 0 saturated carbocycles. The fourth-order valence-electron chi connectivity index (χ4n) is 2.98. The minimum absolute atomic E-state index is 0.254. The molecule has 0 aliphatic rings. The molecule has 0 radical (unpaired) electrons. The van der Waals surface area contributed by atoms with Gasteiger partial charge >= 0.3 is 0 Å². The maximum absolute atomic E-state index is 12.6. The van der Waals surface area contributed by atoms with Crippen LogP contribution < -0.4 is 10.1 Å². The van der Waals surface area contributed by atoms with Crippen molar-refractivity contribution in [2.45, 2.75) is 13.5 Å². The van der Waals surface area contributed by atoms with Gasteiger partial charge < -0.3 is 10.1 Å². The lowest BCUT2D eigenvalue weighted by molar-refractivity contribution is 0.0945. The molecular weight excluding hydrogens is 356 g/mol. The van der Waals surface area contributed by atoms with Gasteiger partial charge in [0.2, 0.25) is 0 Å². The second kappa shape index (κ2) is 7.15. The molecule has 28 heavy (non-hydrogen) atoms. The van der Waals surface area contributed by atoms with Crippen molar-refractivity contribution in [1.82, 2.24) is 29.7 Å². The smallest absolute Gasteiger partial charge is 0.272 e. The number of carbonyl (C=O) groups excluding carboxylic acids is 1. The SMILES string of the molecule is COc1ccc(CNC(=O)c2cc3nccc(-c4cnn(C)c4C)n3n2)cc1. The molecule has 1 amide bonds. The largest absolute Gasteiger partial charge is 0.497 e. The van der Waals surface area contributed by atoms with Crippen molar-refractivity contribution >= 4 is 11.6 Å². The lowest BCUT2D eigenvalue weighted by Gasteiger charge is -2.05. The topological polar surface area (TPSA) is 86.3 Å². The standard InChI is InChI=1S/C20H20N6O2/c1-13-16(12-23-25(13)2)18-8-9-21-19-10-17(24-26(18)19)20(27)22-11-14-4-6-15(28-3)7-5-14/h4-10,12H,11H2,1-3H3,(H,22,27). The molecule has 0 bridgehead atoms. The van der Waals surface area contributed by atoms with Crippen LogP contribution in [0.4, 0.5) is 0 Å². The Morgan fingerprint density at radius 1 is 1.21 bits per heavy atom. The van der Waals surface area contributed by atoms with Crippen LogP contribution in [0.25, 0.3) is 16.9 Å². The van der Waals surface area contributed by atoms with Gasteiger partial charge in [0.25, 0.3) is 5.91 Å². The Labute approximate surface area is 161 Å². The third-order valence-corrected chi connectivity index (χ3v) is 4.71. The number of rotatable bonds is 5. The van der Waals surface area contributed by atoms with Crippen molar-refractivity contribution in [3.8, 4) is 17.0 Å². The molecule has 142 valence electrons. The fourth-order valence-corrected chi connectivity index (χ4v) is 2.98. The fraction of sp³-hybridized carbons (Fsp3) is 0.200. The van der Waals surface area contributed by atoms with E-state index >= 15 is 0 Å². The molecule has 8 nitrogen and oxygen atoms in total. The first-order valence-electron chi connectivity index (χ1n) is 8.81. The predicted molar refractivity (Wildman–Crippen MR) is 104 cm³/mol. The summed E-state index contributed by atoms with van der Waals surface area (Å²) in [5.41, 5.74) is 4.69. The minimum atomic E-state index is -0.254. The third kappa shape index (κ3) is 3.20. The summed E-state index contributed by atoms with van der Waals surface area (Å²) in [6.45, 7) is 2.39. The molecule has 0 unspecified atom stereocenters. The number of methoxy groups -OCH3 is 1. The average molecular weight is 376 g/mol. The summed E-state index contributed by atoms with van der Waals surface area (Å²) in [6.07, 6.45) is 3.49. The first-order valence-corrected chi connectivity index (χ1v) is 8.81. The van der Waals surface area contributed by atoms with Gasteiger partial charge in [-0.05, 0) is 30.7 Å². The summed E-state index contributed by atoms with van der Waals surface area (Å²) in [5, 5.41) is 11.6. The van der Waals surface area contributed by atoms with Gasteiger partial charge in [0.1, 0.15) is 5.75 Å². The van der Waals surface area contributed by atoms with E-state index in [4.69, 9.17) is 4.74 Å². The average Bonchev–Trinajstić information content (AvgIpc) is 3.30. The van der Waals surface area contributed by atoms with Crippen LogP contribution in [0, 0.1) is 6.92 Å². The molecule has 0 aliphatic heterocycles. The van der Waals surface area contributed by atoms with E-state index in [2.05, 4.69) is 20.5 Å². The lowest BCUT2D eigenvalue weighted by atomic mass is 10.2. The van der Waals surface area contributed by atoms with Crippen molar-refractivity contribution < 1.29 is 9.53 Å². The van der Waals surface area contributed by atoms with E-state index in [1.165, 1.54) is 0 Å². The van der Waals surface area contributed by atoms with Gasteiger partial charge in [-0.1, -0.05) is 12.1 Å². The van der Waals surface area contributed by atoms with Gasteiger partial charge in [-0.2, -0.15) is 10.2 Å². The van der Waals surface area contributed by atoms with Crippen molar-refractivity contribution in [2.75, 3.05) is 7.11 Å². The minimum Gasteiger partial charge on any atom is -0.497 e. The van der Waals surface area contributed by atoms with Crippen LogP contribution in [0.15, 0.2) is 48.8 Å². The molecule has 4 aromatic rings. The maximum Gasteiger partial charge on any atom is 0.272 e. The number of hydrogen-bond acceptors (Lipinski definition) is 5. The Balaban J connectivity index is 1.58. The van der Waals surface area contributed by atoms with Crippen LogP contribution in [0.1, 0.15) is 21.7 Å². The van der Waals surface area contributed by atoms with E-state index in [-0.39, 0.29) is 5.91 Å². The van der Waals surface area contributed by atoms with Crippen LogP contribution in [0.5, 0.6) is 5.75 Å². The molecule has 0 fully saturated rings. The molecule has 0 atom stereocenters. The van der Waals surface area contributed by atoms with Crippen LogP contribution in [-0.4, -0.2) is 37.4 Å². The Morgan fingerprint density at radius 3 is 2.68 bits per heavy atom.